The molecule has 0 saturated heterocycles. The zero-order valence-corrected chi connectivity index (χ0v) is 16.3. The summed E-state index contributed by atoms with van der Waals surface area (Å²) in [5.41, 5.74) is -1.95. The van der Waals surface area contributed by atoms with E-state index in [0.717, 1.165) is 39.0 Å². The van der Waals surface area contributed by atoms with Gasteiger partial charge in [-0.15, -0.1) is 0 Å². The summed E-state index contributed by atoms with van der Waals surface area (Å²) in [5.74, 6) is -21.0. The van der Waals surface area contributed by atoms with Crippen molar-refractivity contribution in [2.75, 3.05) is 0 Å². The fourth-order valence-electron chi connectivity index (χ4n) is 2.81. The molecule has 0 amide bonds. The van der Waals surface area contributed by atoms with Gasteiger partial charge in [0, 0.05) is 6.42 Å². The van der Waals surface area contributed by atoms with Gasteiger partial charge >= 0.3 is 29.9 Å². The Morgan fingerprint density at radius 1 is 0.690 bits per heavy atom. The molecule has 2 nitrogen and oxygen atoms in total. The van der Waals surface area contributed by atoms with E-state index in [1.54, 1.807) is 0 Å². The molecule has 0 spiro atoms. The summed E-state index contributed by atoms with van der Waals surface area (Å²) in [6.45, 7) is 3.00. The first kappa shape index (κ1) is 27.8. The predicted molar refractivity (Wildman–Crippen MR) is 88.5 cm³/mol. The number of halogens is 9. The van der Waals surface area contributed by atoms with E-state index in [2.05, 4.69) is 0 Å². The van der Waals surface area contributed by atoms with Crippen LogP contribution in [0.1, 0.15) is 78.1 Å². The Hall–Kier alpha value is -1.16. The van der Waals surface area contributed by atoms with E-state index in [0.29, 0.717) is 6.42 Å². The highest BCUT2D eigenvalue weighted by Gasteiger charge is 2.81. The third-order valence-electron chi connectivity index (χ3n) is 5.05. The second kappa shape index (κ2) is 10.2. The standard InChI is InChI=1S/C18H27F9O2/c1-3-4-5-6-7-8-9-10-14(2,13(28)29)11-12-15(19,20)16(21,22)17(23,24)18(25,26)27/h3-12H2,1-2H3,(H,28,29). The number of carboxylic acid groups (broad SMARTS) is 1. The Bertz CT molecular complexity index is 518. The van der Waals surface area contributed by atoms with Crippen molar-refractivity contribution in [3.05, 3.63) is 0 Å². The van der Waals surface area contributed by atoms with Crippen molar-refractivity contribution in [1.82, 2.24) is 0 Å². The van der Waals surface area contributed by atoms with Crippen LogP contribution >= 0.6 is 0 Å². The minimum absolute atomic E-state index is 0.187. The summed E-state index contributed by atoms with van der Waals surface area (Å²) >= 11 is 0. The second-order valence-electron chi connectivity index (χ2n) is 7.59. The molecule has 0 aromatic heterocycles. The summed E-state index contributed by atoms with van der Waals surface area (Å²) in [7, 11) is 0. The molecule has 0 bridgehead atoms. The number of hydrogen-bond donors (Lipinski definition) is 1. The summed E-state index contributed by atoms with van der Waals surface area (Å²) in [6.07, 6.45) is -4.87. The van der Waals surface area contributed by atoms with Crippen LogP contribution < -0.4 is 0 Å². The van der Waals surface area contributed by atoms with Crippen molar-refractivity contribution >= 4 is 5.97 Å². The van der Waals surface area contributed by atoms with Crippen molar-refractivity contribution in [1.29, 1.82) is 0 Å². The first-order valence-corrected chi connectivity index (χ1v) is 9.40. The molecule has 29 heavy (non-hydrogen) atoms. The van der Waals surface area contributed by atoms with Crippen LogP contribution in [0.25, 0.3) is 0 Å². The summed E-state index contributed by atoms with van der Waals surface area (Å²) in [5, 5.41) is 9.23. The molecule has 0 aromatic rings. The maximum atomic E-state index is 13.7. The zero-order chi connectivity index (χ0) is 23.1. The van der Waals surface area contributed by atoms with E-state index in [-0.39, 0.29) is 12.8 Å². The minimum Gasteiger partial charge on any atom is -0.481 e. The Morgan fingerprint density at radius 3 is 1.55 bits per heavy atom. The molecule has 0 heterocycles. The van der Waals surface area contributed by atoms with Crippen LogP contribution in [0.2, 0.25) is 0 Å². The van der Waals surface area contributed by atoms with Gasteiger partial charge in [0.05, 0.1) is 5.41 Å². The second-order valence-corrected chi connectivity index (χ2v) is 7.59. The lowest BCUT2D eigenvalue weighted by molar-refractivity contribution is -0.397. The van der Waals surface area contributed by atoms with Crippen LogP contribution in [0.15, 0.2) is 0 Å². The highest BCUT2D eigenvalue weighted by molar-refractivity contribution is 5.74. The SMILES string of the molecule is CCCCCCCCCC(C)(CCC(F)(F)C(F)(F)C(F)(F)C(F)(F)F)C(=O)O. The number of unbranched alkanes of at least 4 members (excludes halogenated alkanes) is 6. The van der Waals surface area contributed by atoms with Gasteiger partial charge in [0.2, 0.25) is 0 Å². The molecule has 1 atom stereocenters. The number of rotatable bonds is 14. The number of aliphatic carboxylic acids is 1. The lowest BCUT2D eigenvalue weighted by Crippen LogP contribution is -2.61. The van der Waals surface area contributed by atoms with Gasteiger partial charge in [-0.2, -0.15) is 39.5 Å². The van der Waals surface area contributed by atoms with Crippen molar-refractivity contribution in [3.8, 4) is 0 Å². The predicted octanol–water partition coefficient (Wildman–Crippen LogP) is 7.47. The molecule has 0 aliphatic carbocycles. The topological polar surface area (TPSA) is 37.3 Å². The first-order chi connectivity index (χ1) is 13.0. The third kappa shape index (κ3) is 6.94. The van der Waals surface area contributed by atoms with Gasteiger partial charge in [-0.3, -0.25) is 4.79 Å². The lowest BCUT2D eigenvalue weighted by atomic mass is 9.78. The molecule has 0 saturated carbocycles. The molecule has 0 aliphatic heterocycles. The molecule has 174 valence electrons. The normalized spacial score (nSPS) is 16.0. The fraction of sp³-hybridized carbons (Fsp3) is 0.944. The Kier molecular flexibility index (Phi) is 9.83. The van der Waals surface area contributed by atoms with Gasteiger partial charge in [-0.1, -0.05) is 51.9 Å². The molecule has 0 aromatic carbocycles. The van der Waals surface area contributed by atoms with E-state index < -0.39 is 48.2 Å². The van der Waals surface area contributed by atoms with Crippen LogP contribution in [0.3, 0.4) is 0 Å². The molecule has 0 radical (unpaired) electrons. The molecule has 11 heteroatoms. The molecule has 1 N–H and O–H groups in total. The summed E-state index contributed by atoms with van der Waals surface area (Å²) < 4.78 is 116. The van der Waals surface area contributed by atoms with E-state index in [4.69, 9.17) is 0 Å². The first-order valence-electron chi connectivity index (χ1n) is 9.40. The van der Waals surface area contributed by atoms with Crippen LogP contribution in [-0.4, -0.2) is 35.0 Å². The van der Waals surface area contributed by atoms with Gasteiger partial charge in [0.15, 0.2) is 0 Å². The van der Waals surface area contributed by atoms with Crippen molar-refractivity contribution in [2.24, 2.45) is 5.41 Å². The average molecular weight is 446 g/mol. The maximum Gasteiger partial charge on any atom is 0.460 e. The molecule has 0 aliphatic rings. The van der Waals surface area contributed by atoms with E-state index in [1.807, 2.05) is 6.92 Å². The molecule has 1 unspecified atom stereocenters. The monoisotopic (exact) mass is 446 g/mol. The molecule has 0 rings (SSSR count). The van der Waals surface area contributed by atoms with E-state index >= 15 is 0 Å². The number of carbonyl (C=O) groups is 1. The van der Waals surface area contributed by atoms with Crippen LogP contribution in [0, 0.1) is 5.41 Å². The van der Waals surface area contributed by atoms with Crippen molar-refractivity contribution < 1.29 is 49.4 Å². The van der Waals surface area contributed by atoms with Gasteiger partial charge in [0.1, 0.15) is 0 Å². The third-order valence-corrected chi connectivity index (χ3v) is 5.05. The summed E-state index contributed by atoms with van der Waals surface area (Å²) in [6, 6.07) is 0. The lowest BCUT2D eigenvalue weighted by Gasteiger charge is -2.35. The highest BCUT2D eigenvalue weighted by Crippen LogP contribution is 2.55. The van der Waals surface area contributed by atoms with E-state index in [1.165, 1.54) is 0 Å². The maximum absolute atomic E-state index is 13.7. The van der Waals surface area contributed by atoms with Crippen molar-refractivity contribution in [2.45, 2.75) is 102 Å². The van der Waals surface area contributed by atoms with Crippen LogP contribution in [0.4, 0.5) is 39.5 Å². The van der Waals surface area contributed by atoms with Crippen molar-refractivity contribution in [3.63, 3.8) is 0 Å². The average Bonchev–Trinajstić information content (AvgIpc) is 2.57. The fourth-order valence-corrected chi connectivity index (χ4v) is 2.81. The van der Waals surface area contributed by atoms with Gasteiger partial charge in [-0.05, 0) is 19.8 Å². The molecular formula is C18H27F9O2. The number of alkyl halides is 9. The Morgan fingerprint density at radius 2 is 1.14 bits per heavy atom. The highest BCUT2D eigenvalue weighted by atomic mass is 19.4. The van der Waals surface area contributed by atoms with E-state index in [9.17, 15) is 49.4 Å². The van der Waals surface area contributed by atoms with Gasteiger partial charge < -0.3 is 5.11 Å². The number of hydrogen-bond acceptors (Lipinski definition) is 1. The van der Waals surface area contributed by atoms with Gasteiger partial charge in [0.25, 0.3) is 0 Å². The number of carboxylic acids is 1. The quantitative estimate of drug-likeness (QED) is 0.222. The molecule has 0 fully saturated rings. The summed E-state index contributed by atoms with van der Waals surface area (Å²) in [4.78, 5) is 11.4. The molecular weight excluding hydrogens is 419 g/mol. The smallest absolute Gasteiger partial charge is 0.460 e. The Balaban J connectivity index is 5.02. The minimum atomic E-state index is -6.96. The van der Waals surface area contributed by atoms with Crippen LogP contribution in [-0.2, 0) is 4.79 Å². The van der Waals surface area contributed by atoms with Gasteiger partial charge in [-0.25, -0.2) is 0 Å². The largest absolute Gasteiger partial charge is 0.481 e. The zero-order valence-electron chi connectivity index (χ0n) is 16.3. The Labute approximate surface area is 163 Å². The van der Waals surface area contributed by atoms with Crippen LogP contribution in [0.5, 0.6) is 0 Å².